The molecule has 0 bridgehead atoms. The van der Waals surface area contributed by atoms with Crippen molar-refractivity contribution in [1.29, 1.82) is 0 Å². The smallest absolute Gasteiger partial charge is 0.217 e. The molecule has 0 aliphatic heterocycles. The highest BCUT2D eigenvalue weighted by Crippen LogP contribution is 2.30. The second-order valence-corrected chi connectivity index (χ2v) is 7.01. The van der Waals surface area contributed by atoms with Gasteiger partial charge in [-0.15, -0.1) is 22.7 Å². The molecule has 2 aromatic rings. The molecule has 6 heteroatoms. The molecule has 0 atom stereocenters. The number of amides is 1. The summed E-state index contributed by atoms with van der Waals surface area (Å²) in [5, 5.41) is 9.17. The molecule has 108 valence electrons. The second kappa shape index (κ2) is 6.85. The number of nitrogens with one attached hydrogen (secondary N) is 2. The first kappa shape index (κ1) is 15.0. The lowest BCUT2D eigenvalue weighted by Gasteiger charge is -2.04. The molecular formula is C14H19N3OS2. The van der Waals surface area contributed by atoms with Crippen LogP contribution >= 0.6 is 22.7 Å². The molecule has 0 spiro atoms. The third-order valence-corrected chi connectivity index (χ3v) is 4.50. The normalized spacial score (nSPS) is 10.8. The van der Waals surface area contributed by atoms with E-state index in [0.29, 0.717) is 12.5 Å². The molecule has 0 aliphatic carbocycles. The van der Waals surface area contributed by atoms with E-state index in [2.05, 4.69) is 40.9 Å². The van der Waals surface area contributed by atoms with Crippen molar-refractivity contribution in [2.75, 3.05) is 11.9 Å². The third-order valence-electron chi connectivity index (χ3n) is 2.59. The number of hydrogen-bond donors (Lipinski definition) is 2. The Labute approximate surface area is 127 Å². The number of rotatable bonds is 6. The number of aromatic nitrogens is 1. The van der Waals surface area contributed by atoms with Crippen molar-refractivity contribution >= 4 is 33.7 Å². The fourth-order valence-corrected chi connectivity index (χ4v) is 3.29. The van der Waals surface area contributed by atoms with Crippen molar-refractivity contribution in [3.63, 3.8) is 0 Å². The maximum atomic E-state index is 10.9. The molecule has 0 fully saturated rings. The molecular weight excluding hydrogens is 290 g/mol. The van der Waals surface area contributed by atoms with Crippen LogP contribution in [0.5, 0.6) is 0 Å². The molecule has 2 rings (SSSR count). The van der Waals surface area contributed by atoms with Gasteiger partial charge in [-0.25, -0.2) is 4.98 Å². The fourth-order valence-electron chi connectivity index (χ4n) is 1.58. The van der Waals surface area contributed by atoms with Crippen LogP contribution in [0.4, 0.5) is 5.13 Å². The molecule has 0 unspecified atom stereocenters. The quantitative estimate of drug-likeness (QED) is 0.857. The van der Waals surface area contributed by atoms with Gasteiger partial charge in [0.1, 0.15) is 0 Å². The van der Waals surface area contributed by atoms with Gasteiger partial charge in [-0.1, -0.05) is 13.8 Å². The van der Waals surface area contributed by atoms with Crippen LogP contribution in [0, 0.1) is 5.92 Å². The summed E-state index contributed by atoms with van der Waals surface area (Å²) in [7, 11) is 0. The largest absolute Gasteiger partial charge is 0.361 e. The summed E-state index contributed by atoms with van der Waals surface area (Å²) in [5.74, 6) is 0.599. The molecule has 4 nitrogen and oxygen atoms in total. The summed E-state index contributed by atoms with van der Waals surface area (Å²) in [6.45, 7) is 7.40. The summed E-state index contributed by atoms with van der Waals surface area (Å²) >= 11 is 3.30. The van der Waals surface area contributed by atoms with Crippen molar-refractivity contribution < 1.29 is 4.79 Å². The van der Waals surface area contributed by atoms with Gasteiger partial charge in [0.05, 0.1) is 17.1 Å². The van der Waals surface area contributed by atoms with Crippen molar-refractivity contribution in [2.45, 2.75) is 27.3 Å². The van der Waals surface area contributed by atoms with Crippen molar-refractivity contribution in [1.82, 2.24) is 10.3 Å². The number of nitrogens with zero attached hydrogens (tertiary/aromatic N) is 1. The van der Waals surface area contributed by atoms with Gasteiger partial charge in [-0.05, 0) is 18.1 Å². The minimum absolute atomic E-state index is 0.00576. The third kappa shape index (κ3) is 4.31. The van der Waals surface area contributed by atoms with Crippen LogP contribution in [0.1, 0.15) is 25.6 Å². The van der Waals surface area contributed by atoms with Crippen molar-refractivity contribution in [3.05, 3.63) is 22.4 Å². The monoisotopic (exact) mass is 309 g/mol. The maximum Gasteiger partial charge on any atom is 0.217 e. The molecule has 2 heterocycles. The van der Waals surface area contributed by atoms with Gasteiger partial charge in [-0.2, -0.15) is 0 Å². The molecule has 0 radical (unpaired) electrons. The Morgan fingerprint density at radius 1 is 1.40 bits per heavy atom. The van der Waals surface area contributed by atoms with E-state index in [1.807, 2.05) is 6.07 Å². The molecule has 2 aromatic heterocycles. The Hall–Kier alpha value is -1.40. The predicted octanol–water partition coefficient (Wildman–Crippen LogP) is 3.58. The molecule has 0 saturated carbocycles. The number of anilines is 1. The number of carbonyl (C=O) groups excluding carboxylic acids is 1. The average molecular weight is 309 g/mol. The van der Waals surface area contributed by atoms with Crippen LogP contribution in [0.3, 0.4) is 0 Å². The van der Waals surface area contributed by atoms with Gasteiger partial charge in [0.15, 0.2) is 5.13 Å². The first-order valence-electron chi connectivity index (χ1n) is 6.57. The Balaban J connectivity index is 1.99. The predicted molar refractivity (Wildman–Crippen MR) is 86.3 cm³/mol. The first-order valence-corrected chi connectivity index (χ1v) is 8.27. The molecule has 20 heavy (non-hydrogen) atoms. The highest BCUT2D eigenvalue weighted by atomic mass is 32.1. The zero-order chi connectivity index (χ0) is 14.5. The Morgan fingerprint density at radius 3 is 2.90 bits per heavy atom. The Morgan fingerprint density at radius 2 is 2.20 bits per heavy atom. The summed E-state index contributed by atoms with van der Waals surface area (Å²) in [6, 6.07) is 4.10. The van der Waals surface area contributed by atoms with Gasteiger partial charge in [0.2, 0.25) is 5.91 Å². The van der Waals surface area contributed by atoms with E-state index in [1.54, 1.807) is 22.7 Å². The van der Waals surface area contributed by atoms with Crippen molar-refractivity contribution in [3.8, 4) is 10.6 Å². The van der Waals surface area contributed by atoms with E-state index in [9.17, 15) is 4.79 Å². The summed E-state index contributed by atoms with van der Waals surface area (Å²) in [4.78, 5) is 17.8. The van der Waals surface area contributed by atoms with Crippen LogP contribution < -0.4 is 10.6 Å². The lowest BCUT2D eigenvalue weighted by Crippen LogP contribution is -2.17. The summed E-state index contributed by atoms with van der Waals surface area (Å²) in [5.41, 5.74) is 1.00. The van der Waals surface area contributed by atoms with Gasteiger partial charge >= 0.3 is 0 Å². The first-order chi connectivity index (χ1) is 9.54. The zero-order valence-electron chi connectivity index (χ0n) is 11.9. The standard InChI is InChI=1S/C14H19N3OS2/c1-9(2)6-16-14-17-12(8-19-14)13-5-4-11(20-13)7-15-10(3)18/h4-5,8-9H,6-7H2,1-3H3,(H,15,18)(H,16,17). The van der Waals surface area contributed by atoms with Gasteiger partial charge in [0.25, 0.3) is 0 Å². The van der Waals surface area contributed by atoms with E-state index in [0.717, 1.165) is 27.1 Å². The van der Waals surface area contributed by atoms with E-state index in [4.69, 9.17) is 0 Å². The molecule has 0 aliphatic rings. The van der Waals surface area contributed by atoms with Crippen LogP contribution in [0.2, 0.25) is 0 Å². The summed E-state index contributed by atoms with van der Waals surface area (Å²) in [6.07, 6.45) is 0. The fraction of sp³-hybridized carbons (Fsp3) is 0.429. The number of hydrogen-bond acceptors (Lipinski definition) is 5. The van der Waals surface area contributed by atoms with E-state index in [-0.39, 0.29) is 5.91 Å². The van der Waals surface area contributed by atoms with Crippen LogP contribution in [-0.4, -0.2) is 17.4 Å². The molecule has 0 aromatic carbocycles. The van der Waals surface area contributed by atoms with E-state index >= 15 is 0 Å². The topological polar surface area (TPSA) is 54.0 Å². The zero-order valence-corrected chi connectivity index (χ0v) is 13.5. The number of thiophene rings is 1. The maximum absolute atomic E-state index is 10.9. The van der Waals surface area contributed by atoms with Gasteiger partial charge < -0.3 is 10.6 Å². The molecule has 2 N–H and O–H groups in total. The highest BCUT2D eigenvalue weighted by molar-refractivity contribution is 7.17. The van der Waals surface area contributed by atoms with Crippen molar-refractivity contribution in [2.24, 2.45) is 5.92 Å². The average Bonchev–Trinajstić information content (AvgIpc) is 3.02. The van der Waals surface area contributed by atoms with Crippen LogP contribution in [0.15, 0.2) is 17.5 Å². The number of carbonyl (C=O) groups is 1. The number of thiazole rings is 1. The SMILES string of the molecule is CC(=O)NCc1ccc(-c2csc(NCC(C)C)n2)s1. The molecule has 0 saturated heterocycles. The minimum Gasteiger partial charge on any atom is -0.361 e. The minimum atomic E-state index is -0.00576. The summed E-state index contributed by atoms with van der Waals surface area (Å²) < 4.78 is 0. The highest BCUT2D eigenvalue weighted by Gasteiger charge is 2.08. The van der Waals surface area contributed by atoms with E-state index in [1.165, 1.54) is 6.92 Å². The van der Waals surface area contributed by atoms with Gasteiger partial charge in [-0.3, -0.25) is 4.79 Å². The van der Waals surface area contributed by atoms with E-state index < -0.39 is 0 Å². The Kier molecular flexibility index (Phi) is 5.14. The Bertz CT molecular complexity index is 574. The van der Waals surface area contributed by atoms with Crippen LogP contribution in [-0.2, 0) is 11.3 Å². The lowest BCUT2D eigenvalue weighted by molar-refractivity contribution is -0.119. The second-order valence-electron chi connectivity index (χ2n) is 4.99. The van der Waals surface area contributed by atoms with Gasteiger partial charge in [0, 0.05) is 23.7 Å². The lowest BCUT2D eigenvalue weighted by atomic mass is 10.2. The van der Waals surface area contributed by atoms with Crippen LogP contribution in [0.25, 0.3) is 10.6 Å². The molecule has 1 amide bonds.